The van der Waals surface area contributed by atoms with Gasteiger partial charge in [-0.25, -0.2) is 0 Å². The van der Waals surface area contributed by atoms with Crippen LogP contribution in [0.25, 0.3) is 0 Å². The molecule has 0 saturated heterocycles. The van der Waals surface area contributed by atoms with E-state index >= 15 is 0 Å². The quantitative estimate of drug-likeness (QED) is 0.596. The van der Waals surface area contributed by atoms with E-state index < -0.39 is 17.7 Å². The van der Waals surface area contributed by atoms with Crippen molar-refractivity contribution in [2.24, 2.45) is 0 Å². The highest BCUT2D eigenvalue weighted by molar-refractivity contribution is 6.24. The fourth-order valence-electron chi connectivity index (χ4n) is 1.74. The molecule has 0 atom stereocenters. The number of phenols is 1. The van der Waals surface area contributed by atoms with Crippen molar-refractivity contribution in [1.82, 2.24) is 4.90 Å². The third kappa shape index (κ3) is 2.42. The monoisotopic (exact) mass is 264 g/mol. The van der Waals surface area contributed by atoms with Crippen LogP contribution in [0, 0.1) is 0 Å². The van der Waals surface area contributed by atoms with Gasteiger partial charge in [-0.3, -0.25) is 19.3 Å². The maximum atomic E-state index is 11.8. The summed E-state index contributed by atoms with van der Waals surface area (Å²) >= 11 is 0. The van der Waals surface area contributed by atoms with Gasteiger partial charge in [0, 0.05) is 14.0 Å². The molecule has 0 spiro atoms. The van der Waals surface area contributed by atoms with E-state index in [-0.39, 0.29) is 22.6 Å². The second-order valence-corrected chi connectivity index (χ2v) is 3.73. The number of carbonyl (C=O) groups is 3. The molecule has 1 aliphatic rings. The molecule has 1 aliphatic heterocycles. The summed E-state index contributed by atoms with van der Waals surface area (Å²) in [6.07, 6.45) is 0. The summed E-state index contributed by atoms with van der Waals surface area (Å²) in [6, 6.07) is 2.63. The van der Waals surface area contributed by atoms with Gasteiger partial charge in [-0.15, -0.1) is 0 Å². The lowest BCUT2D eigenvalue weighted by Crippen LogP contribution is -2.24. The highest BCUT2D eigenvalue weighted by atomic mass is 16.3. The molecule has 3 amide bonds. The molecule has 0 unspecified atom stereocenters. The van der Waals surface area contributed by atoms with Gasteiger partial charge in [-0.1, -0.05) is 13.8 Å². The third-order valence-electron chi connectivity index (χ3n) is 2.54. The summed E-state index contributed by atoms with van der Waals surface area (Å²) in [5.41, 5.74) is 0.199. The van der Waals surface area contributed by atoms with Gasteiger partial charge in [0.1, 0.15) is 5.75 Å². The lowest BCUT2D eigenvalue weighted by molar-refractivity contribution is -0.114. The Hall–Kier alpha value is -2.37. The molecule has 1 aromatic carbocycles. The fraction of sp³-hybridized carbons (Fsp3) is 0.308. The molecule has 2 N–H and O–H groups in total. The van der Waals surface area contributed by atoms with Crippen LogP contribution < -0.4 is 5.32 Å². The van der Waals surface area contributed by atoms with Crippen molar-refractivity contribution >= 4 is 23.4 Å². The van der Waals surface area contributed by atoms with Crippen molar-refractivity contribution in [3.05, 3.63) is 23.3 Å². The van der Waals surface area contributed by atoms with Gasteiger partial charge in [-0.05, 0) is 12.1 Å². The van der Waals surface area contributed by atoms with Crippen LogP contribution in [0.2, 0.25) is 0 Å². The van der Waals surface area contributed by atoms with Crippen LogP contribution in [0.5, 0.6) is 5.75 Å². The molecule has 0 aliphatic carbocycles. The molecule has 6 heteroatoms. The molecule has 2 rings (SSSR count). The highest BCUT2D eigenvalue weighted by Crippen LogP contribution is 2.35. The number of carbonyl (C=O) groups excluding carboxylic acids is 3. The smallest absolute Gasteiger partial charge is 0.263 e. The van der Waals surface area contributed by atoms with Crippen LogP contribution in [0.4, 0.5) is 5.69 Å². The zero-order valence-electron chi connectivity index (χ0n) is 11.3. The van der Waals surface area contributed by atoms with Crippen molar-refractivity contribution in [1.29, 1.82) is 0 Å². The van der Waals surface area contributed by atoms with Gasteiger partial charge >= 0.3 is 0 Å². The number of benzene rings is 1. The molecule has 0 bridgehead atoms. The standard InChI is InChI=1S/C11H10N2O4.C2H6/c1-5(14)12-9-7(15)4-3-6-8(9)11(17)13(2)10(6)16;1-2/h3-4,15H,1-2H3,(H,12,14);1-2H3. The first-order valence-electron chi connectivity index (χ1n) is 5.89. The molecule has 6 nitrogen and oxygen atoms in total. The van der Waals surface area contributed by atoms with Gasteiger partial charge < -0.3 is 10.4 Å². The van der Waals surface area contributed by atoms with Crippen LogP contribution in [-0.2, 0) is 4.79 Å². The average Bonchev–Trinajstić information content (AvgIpc) is 2.60. The van der Waals surface area contributed by atoms with Gasteiger partial charge in [0.25, 0.3) is 11.8 Å². The zero-order valence-corrected chi connectivity index (χ0v) is 11.3. The van der Waals surface area contributed by atoms with E-state index in [4.69, 9.17) is 0 Å². The predicted molar refractivity (Wildman–Crippen MR) is 70.2 cm³/mol. The van der Waals surface area contributed by atoms with E-state index in [0.717, 1.165) is 4.90 Å². The number of fused-ring (bicyclic) bond motifs is 1. The number of hydrogen-bond donors (Lipinski definition) is 2. The molecular weight excluding hydrogens is 248 g/mol. The summed E-state index contributed by atoms with van der Waals surface area (Å²) in [5, 5.41) is 12.0. The van der Waals surface area contributed by atoms with Crippen molar-refractivity contribution in [2.75, 3.05) is 12.4 Å². The minimum atomic E-state index is -0.537. The second kappa shape index (κ2) is 5.51. The minimum absolute atomic E-state index is 0.0160. The second-order valence-electron chi connectivity index (χ2n) is 3.73. The number of rotatable bonds is 1. The molecule has 102 valence electrons. The largest absolute Gasteiger partial charge is 0.506 e. The van der Waals surface area contributed by atoms with E-state index in [0.29, 0.717) is 0 Å². The maximum absolute atomic E-state index is 11.8. The highest BCUT2D eigenvalue weighted by Gasteiger charge is 2.36. The van der Waals surface area contributed by atoms with Crippen LogP contribution in [-0.4, -0.2) is 34.8 Å². The number of phenolic OH excluding ortho intramolecular Hbond substituents is 1. The Balaban J connectivity index is 0.000000861. The Morgan fingerprint density at radius 3 is 2.32 bits per heavy atom. The van der Waals surface area contributed by atoms with Crippen LogP contribution in [0.3, 0.4) is 0 Å². The topological polar surface area (TPSA) is 86.7 Å². The number of hydrogen-bond acceptors (Lipinski definition) is 4. The Bertz CT molecular complexity index is 552. The van der Waals surface area contributed by atoms with Crippen LogP contribution in [0.15, 0.2) is 12.1 Å². The van der Waals surface area contributed by atoms with Crippen molar-refractivity contribution in [2.45, 2.75) is 20.8 Å². The molecular formula is C13H16N2O4. The fourth-order valence-corrected chi connectivity index (χ4v) is 1.74. The first-order valence-corrected chi connectivity index (χ1v) is 5.89. The lowest BCUT2D eigenvalue weighted by Gasteiger charge is -2.08. The Kier molecular flexibility index (Phi) is 4.26. The minimum Gasteiger partial charge on any atom is -0.506 e. The van der Waals surface area contributed by atoms with E-state index in [1.807, 2.05) is 13.8 Å². The number of nitrogens with one attached hydrogen (secondary N) is 1. The summed E-state index contributed by atoms with van der Waals surface area (Å²) in [6.45, 7) is 5.25. The van der Waals surface area contributed by atoms with Crippen molar-refractivity contribution in [3.8, 4) is 5.75 Å². The Morgan fingerprint density at radius 2 is 1.79 bits per heavy atom. The maximum Gasteiger partial charge on any atom is 0.263 e. The summed E-state index contributed by atoms with van der Waals surface area (Å²) < 4.78 is 0. The van der Waals surface area contributed by atoms with Crippen molar-refractivity contribution in [3.63, 3.8) is 0 Å². The first-order chi connectivity index (χ1) is 8.93. The predicted octanol–water partition coefficient (Wildman–Crippen LogP) is 1.60. The Labute approximate surface area is 111 Å². The van der Waals surface area contributed by atoms with Gasteiger partial charge in [0.05, 0.1) is 16.8 Å². The molecule has 0 aromatic heterocycles. The summed E-state index contributed by atoms with van der Waals surface area (Å²) in [4.78, 5) is 35.4. The van der Waals surface area contributed by atoms with E-state index in [9.17, 15) is 19.5 Å². The average molecular weight is 264 g/mol. The number of anilines is 1. The van der Waals surface area contributed by atoms with Gasteiger partial charge in [0.2, 0.25) is 5.91 Å². The molecule has 19 heavy (non-hydrogen) atoms. The number of imide groups is 1. The Morgan fingerprint density at radius 1 is 1.21 bits per heavy atom. The number of nitrogens with zero attached hydrogens (tertiary/aromatic N) is 1. The lowest BCUT2D eigenvalue weighted by atomic mass is 10.1. The first kappa shape index (κ1) is 14.7. The van der Waals surface area contributed by atoms with E-state index in [1.165, 1.54) is 26.1 Å². The van der Waals surface area contributed by atoms with Crippen LogP contribution >= 0.6 is 0 Å². The number of amides is 3. The molecule has 0 saturated carbocycles. The normalized spacial score (nSPS) is 12.7. The summed E-state index contributed by atoms with van der Waals surface area (Å²) in [7, 11) is 1.35. The summed E-state index contributed by atoms with van der Waals surface area (Å²) in [5.74, 6) is -1.65. The third-order valence-corrected chi connectivity index (χ3v) is 2.54. The zero-order chi connectivity index (χ0) is 14.7. The molecule has 1 heterocycles. The van der Waals surface area contributed by atoms with Crippen LogP contribution in [0.1, 0.15) is 41.5 Å². The van der Waals surface area contributed by atoms with Gasteiger partial charge in [-0.2, -0.15) is 0 Å². The molecule has 0 fully saturated rings. The SMILES string of the molecule is CC.CC(=O)Nc1c(O)ccc2c1C(=O)N(C)C2=O. The molecule has 0 radical (unpaired) electrons. The van der Waals surface area contributed by atoms with Crippen molar-refractivity contribution < 1.29 is 19.5 Å². The van der Waals surface area contributed by atoms with E-state index in [2.05, 4.69) is 5.32 Å². The van der Waals surface area contributed by atoms with Gasteiger partial charge in [0.15, 0.2) is 0 Å². The van der Waals surface area contributed by atoms with E-state index in [1.54, 1.807) is 0 Å². The molecule has 1 aromatic rings. The number of aromatic hydroxyl groups is 1.